The standard InChI is InChI=1S/C16H24N2O3S/c1-16(2,3)13-6-4-5-7-14(13)17-10-15(19)18-12-8-9-22(20,21)11-12/h4-7,12,17H,8-11H2,1-3H3,(H,18,19). The first-order chi connectivity index (χ1) is 10.2. The van der Waals surface area contributed by atoms with Gasteiger partial charge in [0.25, 0.3) is 0 Å². The second kappa shape index (κ2) is 6.28. The van der Waals surface area contributed by atoms with E-state index in [1.54, 1.807) is 0 Å². The van der Waals surface area contributed by atoms with E-state index in [1.165, 1.54) is 0 Å². The Bertz CT molecular complexity index is 648. The summed E-state index contributed by atoms with van der Waals surface area (Å²) in [5.41, 5.74) is 2.06. The Kier molecular flexibility index (Phi) is 4.80. The molecule has 5 nitrogen and oxygen atoms in total. The Balaban J connectivity index is 1.92. The zero-order valence-corrected chi connectivity index (χ0v) is 14.2. The number of anilines is 1. The molecule has 22 heavy (non-hydrogen) atoms. The van der Waals surface area contributed by atoms with E-state index in [-0.39, 0.29) is 35.4 Å². The molecule has 0 bridgehead atoms. The number of nitrogens with one attached hydrogen (secondary N) is 2. The quantitative estimate of drug-likeness (QED) is 0.884. The van der Waals surface area contributed by atoms with Crippen LogP contribution in [0.1, 0.15) is 32.8 Å². The van der Waals surface area contributed by atoms with Gasteiger partial charge in [-0.25, -0.2) is 8.42 Å². The van der Waals surface area contributed by atoms with Crippen LogP contribution in [0.25, 0.3) is 0 Å². The number of amides is 1. The van der Waals surface area contributed by atoms with Crippen molar-refractivity contribution in [1.82, 2.24) is 5.32 Å². The molecule has 1 unspecified atom stereocenters. The fourth-order valence-corrected chi connectivity index (χ4v) is 4.33. The molecule has 1 aliphatic heterocycles. The largest absolute Gasteiger partial charge is 0.376 e. The molecule has 1 aromatic carbocycles. The fourth-order valence-electron chi connectivity index (χ4n) is 2.65. The van der Waals surface area contributed by atoms with Crippen molar-refractivity contribution in [2.45, 2.75) is 38.6 Å². The van der Waals surface area contributed by atoms with Gasteiger partial charge in [0.15, 0.2) is 9.84 Å². The zero-order valence-electron chi connectivity index (χ0n) is 13.3. The van der Waals surface area contributed by atoms with Crippen molar-refractivity contribution >= 4 is 21.4 Å². The van der Waals surface area contributed by atoms with Crippen LogP contribution < -0.4 is 10.6 Å². The van der Waals surface area contributed by atoms with E-state index in [2.05, 4.69) is 31.4 Å². The predicted octanol–water partition coefficient (Wildman–Crippen LogP) is 1.70. The molecule has 1 amide bonds. The normalized spacial score (nSPS) is 20.6. The highest BCUT2D eigenvalue weighted by Crippen LogP contribution is 2.28. The lowest BCUT2D eigenvalue weighted by molar-refractivity contribution is -0.119. The van der Waals surface area contributed by atoms with Gasteiger partial charge in [-0.05, 0) is 23.5 Å². The van der Waals surface area contributed by atoms with E-state index < -0.39 is 9.84 Å². The molecule has 6 heteroatoms. The van der Waals surface area contributed by atoms with Gasteiger partial charge in [0.05, 0.1) is 18.1 Å². The third kappa shape index (κ3) is 4.47. The van der Waals surface area contributed by atoms with Gasteiger partial charge in [-0.3, -0.25) is 4.79 Å². The summed E-state index contributed by atoms with van der Waals surface area (Å²) in [7, 11) is -2.97. The Labute approximate surface area is 132 Å². The second-order valence-electron chi connectivity index (χ2n) is 6.82. The van der Waals surface area contributed by atoms with Crippen LogP contribution in [0.3, 0.4) is 0 Å². The molecule has 2 rings (SSSR count). The Morgan fingerprint density at radius 1 is 1.27 bits per heavy atom. The average Bonchev–Trinajstić information content (AvgIpc) is 2.75. The van der Waals surface area contributed by atoms with Crippen LogP contribution in [-0.4, -0.2) is 38.4 Å². The molecule has 2 N–H and O–H groups in total. The first kappa shape index (κ1) is 16.8. The minimum atomic E-state index is -2.97. The summed E-state index contributed by atoms with van der Waals surface area (Å²) in [6.07, 6.45) is 0.507. The predicted molar refractivity (Wildman–Crippen MR) is 88.8 cm³/mol. The first-order valence-corrected chi connectivity index (χ1v) is 9.33. The molecule has 1 fully saturated rings. The fraction of sp³-hybridized carbons (Fsp3) is 0.562. The van der Waals surface area contributed by atoms with Gasteiger partial charge in [0, 0.05) is 11.7 Å². The van der Waals surface area contributed by atoms with Crippen molar-refractivity contribution in [2.24, 2.45) is 0 Å². The maximum Gasteiger partial charge on any atom is 0.239 e. The van der Waals surface area contributed by atoms with Gasteiger partial charge in [-0.15, -0.1) is 0 Å². The summed E-state index contributed by atoms with van der Waals surface area (Å²) in [6.45, 7) is 6.51. The minimum absolute atomic E-state index is 0.0143. The molecule has 1 saturated heterocycles. The molecule has 1 aromatic rings. The molecule has 1 aliphatic rings. The van der Waals surface area contributed by atoms with Crippen molar-refractivity contribution in [2.75, 3.05) is 23.4 Å². The second-order valence-corrected chi connectivity index (χ2v) is 9.05. The topological polar surface area (TPSA) is 75.3 Å². The van der Waals surface area contributed by atoms with Crippen molar-refractivity contribution in [3.8, 4) is 0 Å². The van der Waals surface area contributed by atoms with Crippen LogP contribution in [0.5, 0.6) is 0 Å². The summed E-state index contributed by atoms with van der Waals surface area (Å²) in [6, 6.07) is 7.66. The molecule has 0 aromatic heterocycles. The van der Waals surface area contributed by atoms with Crippen LogP contribution in [0.2, 0.25) is 0 Å². The highest BCUT2D eigenvalue weighted by Gasteiger charge is 2.28. The van der Waals surface area contributed by atoms with Crippen LogP contribution in [0, 0.1) is 0 Å². The van der Waals surface area contributed by atoms with Gasteiger partial charge >= 0.3 is 0 Å². The summed E-state index contributed by atoms with van der Waals surface area (Å²) in [4.78, 5) is 12.0. The third-order valence-corrected chi connectivity index (χ3v) is 5.54. The van der Waals surface area contributed by atoms with Gasteiger partial charge in [-0.2, -0.15) is 0 Å². The molecular formula is C16H24N2O3S. The smallest absolute Gasteiger partial charge is 0.239 e. The van der Waals surface area contributed by atoms with E-state index in [0.29, 0.717) is 6.42 Å². The van der Waals surface area contributed by atoms with Crippen LogP contribution in [0.15, 0.2) is 24.3 Å². The monoisotopic (exact) mass is 324 g/mol. The molecule has 122 valence electrons. The Morgan fingerprint density at radius 2 is 1.95 bits per heavy atom. The lowest BCUT2D eigenvalue weighted by atomic mass is 9.86. The van der Waals surface area contributed by atoms with Gasteiger partial charge in [0.2, 0.25) is 5.91 Å². The van der Waals surface area contributed by atoms with Crippen molar-refractivity contribution in [1.29, 1.82) is 0 Å². The van der Waals surface area contributed by atoms with Crippen molar-refractivity contribution in [3.63, 3.8) is 0 Å². The van der Waals surface area contributed by atoms with E-state index in [1.807, 2.05) is 24.3 Å². The average molecular weight is 324 g/mol. The summed E-state index contributed by atoms with van der Waals surface area (Å²) < 4.78 is 22.8. The molecule has 0 aliphatic carbocycles. The van der Waals surface area contributed by atoms with Gasteiger partial charge in [0.1, 0.15) is 0 Å². The van der Waals surface area contributed by atoms with E-state index in [9.17, 15) is 13.2 Å². The highest BCUT2D eigenvalue weighted by molar-refractivity contribution is 7.91. The van der Waals surface area contributed by atoms with Gasteiger partial charge < -0.3 is 10.6 Å². The summed E-state index contributed by atoms with van der Waals surface area (Å²) in [5.74, 6) is 0.0426. The Hall–Kier alpha value is -1.56. The maximum atomic E-state index is 12.0. The molecular weight excluding hydrogens is 300 g/mol. The molecule has 1 atom stereocenters. The molecule has 0 spiro atoms. The van der Waals surface area contributed by atoms with Gasteiger partial charge in [-0.1, -0.05) is 39.0 Å². The van der Waals surface area contributed by atoms with Crippen molar-refractivity contribution < 1.29 is 13.2 Å². The van der Waals surface area contributed by atoms with Crippen molar-refractivity contribution in [3.05, 3.63) is 29.8 Å². The number of hydrogen-bond acceptors (Lipinski definition) is 4. The maximum absolute atomic E-state index is 12.0. The molecule has 0 radical (unpaired) electrons. The zero-order chi connectivity index (χ0) is 16.4. The Morgan fingerprint density at radius 3 is 2.55 bits per heavy atom. The first-order valence-electron chi connectivity index (χ1n) is 7.50. The number of hydrogen-bond donors (Lipinski definition) is 2. The lowest BCUT2D eigenvalue weighted by Gasteiger charge is -2.23. The number of carbonyl (C=O) groups excluding carboxylic acids is 1. The summed E-state index contributed by atoms with van der Waals surface area (Å²) in [5, 5.41) is 5.94. The van der Waals surface area contributed by atoms with Crippen LogP contribution >= 0.6 is 0 Å². The molecule has 1 heterocycles. The number of carbonyl (C=O) groups is 1. The third-order valence-electron chi connectivity index (χ3n) is 3.77. The highest BCUT2D eigenvalue weighted by atomic mass is 32.2. The summed E-state index contributed by atoms with van der Waals surface area (Å²) >= 11 is 0. The minimum Gasteiger partial charge on any atom is -0.376 e. The number of benzene rings is 1. The lowest BCUT2D eigenvalue weighted by Crippen LogP contribution is -2.39. The van der Waals surface area contributed by atoms with Crippen LogP contribution in [-0.2, 0) is 20.0 Å². The van der Waals surface area contributed by atoms with Crippen LogP contribution in [0.4, 0.5) is 5.69 Å². The van der Waals surface area contributed by atoms with E-state index in [0.717, 1.165) is 11.3 Å². The van der Waals surface area contributed by atoms with E-state index in [4.69, 9.17) is 0 Å². The SMILES string of the molecule is CC(C)(C)c1ccccc1NCC(=O)NC1CCS(=O)(=O)C1. The number of rotatable bonds is 4. The van der Waals surface area contributed by atoms with E-state index >= 15 is 0 Å². The number of para-hydroxylation sites is 1. The number of sulfone groups is 1. The molecule has 0 saturated carbocycles.